The van der Waals surface area contributed by atoms with Crippen LogP contribution >= 0.6 is 15.9 Å². The van der Waals surface area contributed by atoms with Crippen LogP contribution in [0.3, 0.4) is 0 Å². The number of halogens is 1. The van der Waals surface area contributed by atoms with Crippen molar-refractivity contribution in [2.45, 2.75) is 19.8 Å². The van der Waals surface area contributed by atoms with Gasteiger partial charge in [-0.15, -0.1) is 10.2 Å². The Hall–Kier alpha value is -2.21. The van der Waals surface area contributed by atoms with Gasteiger partial charge in [0.15, 0.2) is 5.82 Å². The van der Waals surface area contributed by atoms with Crippen molar-refractivity contribution in [1.82, 2.24) is 9.38 Å². The molecule has 22 heavy (non-hydrogen) atoms. The summed E-state index contributed by atoms with van der Waals surface area (Å²) in [6.07, 6.45) is 1.93. The lowest BCUT2D eigenvalue weighted by molar-refractivity contribution is 0.475. The zero-order chi connectivity index (χ0) is 15.7. The Morgan fingerprint density at radius 2 is 1.82 bits per heavy atom. The number of aromatic hydroxyl groups is 1. The summed E-state index contributed by atoms with van der Waals surface area (Å²) in [7, 11) is 0. The van der Waals surface area contributed by atoms with Gasteiger partial charge in [-0.05, 0) is 58.2 Å². The second-order valence-electron chi connectivity index (χ2n) is 5.27. The van der Waals surface area contributed by atoms with Crippen LogP contribution in [0.1, 0.15) is 25.5 Å². The molecule has 0 saturated carbocycles. The van der Waals surface area contributed by atoms with Crippen LogP contribution < -0.4 is 0 Å². The maximum absolute atomic E-state index is 9.31. The van der Waals surface area contributed by atoms with Crippen molar-refractivity contribution in [2.24, 2.45) is 10.2 Å². The standard InChI is InChI=1S/C16H15BrN4O/c1-10(2)15-16(20-19-12-4-6-13(22)7-5-12)21-9-11(17)3-8-14(21)18-15/h3-10,22H,1-2H3. The SMILES string of the molecule is CC(C)c1nc2ccc(Br)cn2c1N=Nc1ccc(O)cc1. The summed E-state index contributed by atoms with van der Waals surface area (Å²) in [5.74, 6) is 1.17. The van der Waals surface area contributed by atoms with Gasteiger partial charge in [-0.25, -0.2) is 4.98 Å². The van der Waals surface area contributed by atoms with E-state index in [0.29, 0.717) is 5.69 Å². The molecule has 0 aliphatic heterocycles. The summed E-state index contributed by atoms with van der Waals surface area (Å²) in [6, 6.07) is 10.5. The van der Waals surface area contributed by atoms with Gasteiger partial charge in [0.25, 0.3) is 0 Å². The Kier molecular flexibility index (Phi) is 3.94. The minimum absolute atomic E-state index is 0.209. The van der Waals surface area contributed by atoms with Gasteiger partial charge in [0.1, 0.15) is 11.4 Å². The zero-order valence-corrected chi connectivity index (χ0v) is 13.8. The molecular formula is C16H15BrN4O. The lowest BCUT2D eigenvalue weighted by atomic mass is 10.1. The van der Waals surface area contributed by atoms with Crippen molar-refractivity contribution in [3.63, 3.8) is 0 Å². The fraction of sp³-hybridized carbons (Fsp3) is 0.188. The van der Waals surface area contributed by atoms with Crippen LogP contribution in [0, 0.1) is 0 Å². The molecule has 1 aromatic carbocycles. The molecule has 1 N–H and O–H groups in total. The van der Waals surface area contributed by atoms with Gasteiger partial charge in [0.2, 0.25) is 0 Å². The Morgan fingerprint density at radius 3 is 2.50 bits per heavy atom. The molecule has 0 amide bonds. The number of benzene rings is 1. The maximum Gasteiger partial charge on any atom is 0.183 e. The van der Waals surface area contributed by atoms with Gasteiger partial charge in [0.05, 0.1) is 11.4 Å². The van der Waals surface area contributed by atoms with E-state index in [9.17, 15) is 5.11 Å². The molecule has 0 spiro atoms. The molecule has 2 aromatic heterocycles. The first-order valence-electron chi connectivity index (χ1n) is 6.93. The van der Waals surface area contributed by atoms with Gasteiger partial charge in [-0.2, -0.15) is 0 Å². The average Bonchev–Trinajstić information content (AvgIpc) is 2.85. The van der Waals surface area contributed by atoms with Gasteiger partial charge in [-0.3, -0.25) is 4.40 Å². The van der Waals surface area contributed by atoms with Crippen LogP contribution in [0.4, 0.5) is 11.5 Å². The number of aromatic nitrogens is 2. The Morgan fingerprint density at radius 1 is 1.09 bits per heavy atom. The molecule has 0 fully saturated rings. The van der Waals surface area contributed by atoms with E-state index in [-0.39, 0.29) is 11.7 Å². The molecule has 3 rings (SSSR count). The quantitative estimate of drug-likeness (QED) is 0.642. The molecule has 0 atom stereocenters. The van der Waals surface area contributed by atoms with E-state index in [4.69, 9.17) is 0 Å². The highest BCUT2D eigenvalue weighted by Gasteiger charge is 2.15. The fourth-order valence-electron chi connectivity index (χ4n) is 2.14. The van der Waals surface area contributed by atoms with Crippen LogP contribution in [0.25, 0.3) is 5.65 Å². The molecule has 0 unspecified atom stereocenters. The van der Waals surface area contributed by atoms with E-state index in [0.717, 1.165) is 21.6 Å². The van der Waals surface area contributed by atoms with Gasteiger partial charge in [-0.1, -0.05) is 13.8 Å². The van der Waals surface area contributed by atoms with Crippen molar-refractivity contribution in [2.75, 3.05) is 0 Å². The van der Waals surface area contributed by atoms with Crippen molar-refractivity contribution < 1.29 is 5.11 Å². The number of phenolic OH excluding ortho intramolecular Hbond substituents is 1. The van der Waals surface area contributed by atoms with Crippen LogP contribution in [0.5, 0.6) is 5.75 Å². The number of azo groups is 1. The smallest absolute Gasteiger partial charge is 0.183 e. The normalized spacial score (nSPS) is 11.8. The van der Waals surface area contributed by atoms with E-state index >= 15 is 0 Å². The molecule has 0 aliphatic carbocycles. The predicted molar refractivity (Wildman–Crippen MR) is 89.3 cm³/mol. The summed E-state index contributed by atoms with van der Waals surface area (Å²) in [6.45, 7) is 4.16. The topological polar surface area (TPSA) is 62.2 Å². The Labute approximate surface area is 136 Å². The molecule has 0 radical (unpaired) electrons. The summed E-state index contributed by atoms with van der Waals surface area (Å²) in [5, 5.41) is 17.9. The zero-order valence-electron chi connectivity index (χ0n) is 12.2. The number of nitrogens with zero attached hydrogens (tertiary/aromatic N) is 4. The summed E-state index contributed by atoms with van der Waals surface area (Å²) >= 11 is 3.47. The van der Waals surface area contributed by atoms with Crippen molar-refractivity contribution in [3.8, 4) is 5.75 Å². The van der Waals surface area contributed by atoms with E-state index in [1.54, 1.807) is 24.3 Å². The van der Waals surface area contributed by atoms with E-state index in [1.807, 2.05) is 22.7 Å². The largest absolute Gasteiger partial charge is 0.508 e. The maximum atomic E-state index is 9.31. The molecule has 6 heteroatoms. The third-order valence-corrected chi connectivity index (χ3v) is 3.71. The predicted octanol–water partition coefficient (Wildman–Crippen LogP) is 5.34. The molecule has 5 nitrogen and oxygen atoms in total. The fourth-order valence-corrected chi connectivity index (χ4v) is 2.47. The van der Waals surface area contributed by atoms with Gasteiger partial charge < -0.3 is 5.11 Å². The molecule has 2 heterocycles. The third kappa shape index (κ3) is 2.87. The molecule has 0 aliphatic rings. The number of imidazole rings is 1. The average molecular weight is 359 g/mol. The van der Waals surface area contributed by atoms with E-state index in [1.165, 1.54) is 0 Å². The number of phenols is 1. The molecular weight excluding hydrogens is 344 g/mol. The van der Waals surface area contributed by atoms with Crippen LogP contribution in [0.15, 0.2) is 57.3 Å². The van der Waals surface area contributed by atoms with E-state index in [2.05, 4.69) is 45.0 Å². The minimum Gasteiger partial charge on any atom is -0.508 e. The summed E-state index contributed by atoms with van der Waals surface area (Å²) in [4.78, 5) is 4.63. The number of hydrogen-bond donors (Lipinski definition) is 1. The molecule has 112 valence electrons. The first kappa shape index (κ1) is 14.7. The molecule has 0 saturated heterocycles. The van der Waals surface area contributed by atoms with Gasteiger partial charge in [0, 0.05) is 10.7 Å². The van der Waals surface area contributed by atoms with Crippen LogP contribution in [-0.4, -0.2) is 14.5 Å². The molecule has 3 aromatic rings. The van der Waals surface area contributed by atoms with E-state index < -0.39 is 0 Å². The first-order chi connectivity index (χ1) is 10.5. The highest BCUT2D eigenvalue weighted by atomic mass is 79.9. The number of fused-ring (bicyclic) bond motifs is 1. The lowest BCUT2D eigenvalue weighted by Crippen LogP contribution is -1.87. The highest BCUT2D eigenvalue weighted by Crippen LogP contribution is 2.30. The third-order valence-electron chi connectivity index (χ3n) is 3.24. The number of rotatable bonds is 3. The Balaban J connectivity index is 2.09. The minimum atomic E-state index is 0.209. The van der Waals surface area contributed by atoms with Crippen LogP contribution in [-0.2, 0) is 0 Å². The lowest BCUT2D eigenvalue weighted by Gasteiger charge is -2.02. The second kappa shape index (κ2) is 5.88. The molecule has 0 bridgehead atoms. The van der Waals surface area contributed by atoms with Crippen molar-refractivity contribution >= 4 is 33.1 Å². The van der Waals surface area contributed by atoms with Crippen LogP contribution in [0.2, 0.25) is 0 Å². The van der Waals surface area contributed by atoms with Crippen molar-refractivity contribution in [3.05, 3.63) is 52.8 Å². The number of hydrogen-bond acceptors (Lipinski definition) is 4. The summed E-state index contributed by atoms with van der Waals surface area (Å²) in [5.41, 5.74) is 2.42. The van der Waals surface area contributed by atoms with Crippen molar-refractivity contribution in [1.29, 1.82) is 0 Å². The monoisotopic (exact) mass is 358 g/mol. The Bertz CT molecular complexity index is 837. The first-order valence-corrected chi connectivity index (χ1v) is 7.72. The second-order valence-corrected chi connectivity index (χ2v) is 6.18. The number of pyridine rings is 1. The van der Waals surface area contributed by atoms with Gasteiger partial charge >= 0.3 is 0 Å². The highest BCUT2D eigenvalue weighted by molar-refractivity contribution is 9.10. The summed E-state index contributed by atoms with van der Waals surface area (Å²) < 4.78 is 2.87.